The van der Waals surface area contributed by atoms with E-state index in [-0.39, 0.29) is 24.6 Å². The zero-order valence-corrected chi connectivity index (χ0v) is 15.7. The average Bonchev–Trinajstić information content (AvgIpc) is 3.08. The molecule has 29 heavy (non-hydrogen) atoms. The van der Waals surface area contributed by atoms with Crippen LogP contribution >= 0.6 is 0 Å². The highest BCUT2D eigenvalue weighted by Crippen LogP contribution is 2.28. The molecule has 1 atom stereocenters. The highest BCUT2D eigenvalue weighted by molar-refractivity contribution is 6.00. The van der Waals surface area contributed by atoms with Gasteiger partial charge < -0.3 is 15.0 Å². The van der Waals surface area contributed by atoms with Crippen LogP contribution in [0.3, 0.4) is 0 Å². The monoisotopic (exact) mass is 397 g/mol. The van der Waals surface area contributed by atoms with Crippen molar-refractivity contribution >= 4 is 34.8 Å². The van der Waals surface area contributed by atoms with Gasteiger partial charge in [0.25, 0.3) is 11.6 Å². The number of nitrogens with one attached hydrogen (secondary N) is 1. The molecule has 0 unspecified atom stereocenters. The Kier molecular flexibility index (Phi) is 5.87. The molecular weight excluding hydrogens is 378 g/mol. The van der Waals surface area contributed by atoms with E-state index in [9.17, 15) is 24.5 Å². The summed E-state index contributed by atoms with van der Waals surface area (Å²) in [7, 11) is 0. The van der Waals surface area contributed by atoms with Crippen molar-refractivity contribution in [3.05, 3.63) is 64.2 Å². The molecule has 2 amide bonds. The summed E-state index contributed by atoms with van der Waals surface area (Å²) < 4.78 is 5.05. The molecule has 2 aromatic rings. The number of carbonyl (C=O) groups excluding carboxylic acids is 3. The van der Waals surface area contributed by atoms with Crippen molar-refractivity contribution in [2.45, 2.75) is 13.3 Å². The summed E-state index contributed by atoms with van der Waals surface area (Å²) in [4.78, 5) is 48.1. The topological polar surface area (TPSA) is 119 Å². The number of anilines is 2. The fourth-order valence-corrected chi connectivity index (χ4v) is 3.06. The van der Waals surface area contributed by atoms with Crippen LogP contribution in [0.2, 0.25) is 0 Å². The number of nitrogens with zero attached hydrogens (tertiary/aromatic N) is 2. The van der Waals surface area contributed by atoms with Crippen molar-refractivity contribution in [3.8, 4) is 0 Å². The van der Waals surface area contributed by atoms with E-state index in [4.69, 9.17) is 4.74 Å². The maximum absolute atomic E-state index is 12.3. The van der Waals surface area contributed by atoms with Gasteiger partial charge in [-0.3, -0.25) is 24.5 Å². The maximum Gasteiger partial charge on any atom is 0.311 e. The van der Waals surface area contributed by atoms with Crippen LogP contribution in [0.25, 0.3) is 0 Å². The highest BCUT2D eigenvalue weighted by atomic mass is 16.6. The summed E-state index contributed by atoms with van der Waals surface area (Å²) in [5.41, 5.74) is 1.77. The number of rotatable bonds is 6. The molecule has 1 fully saturated rings. The molecule has 9 heteroatoms. The van der Waals surface area contributed by atoms with Gasteiger partial charge in [-0.1, -0.05) is 18.2 Å². The lowest BCUT2D eigenvalue weighted by molar-refractivity contribution is -0.384. The van der Waals surface area contributed by atoms with E-state index < -0.39 is 29.3 Å². The molecule has 0 radical (unpaired) electrons. The van der Waals surface area contributed by atoms with E-state index in [0.29, 0.717) is 11.4 Å². The molecular formula is C20H19N3O6. The number of ether oxygens (including phenoxy) is 1. The Morgan fingerprint density at radius 3 is 2.72 bits per heavy atom. The zero-order chi connectivity index (χ0) is 21.0. The van der Waals surface area contributed by atoms with Crippen LogP contribution in [0.1, 0.15) is 12.0 Å². The number of amides is 2. The molecule has 150 valence electrons. The molecule has 0 aliphatic carbocycles. The highest BCUT2D eigenvalue weighted by Gasteiger charge is 2.36. The first-order valence-electron chi connectivity index (χ1n) is 8.91. The summed E-state index contributed by atoms with van der Waals surface area (Å²) in [5, 5.41) is 13.5. The fourth-order valence-electron chi connectivity index (χ4n) is 3.06. The van der Waals surface area contributed by atoms with E-state index in [0.717, 1.165) is 5.56 Å². The van der Waals surface area contributed by atoms with E-state index in [1.54, 1.807) is 24.3 Å². The van der Waals surface area contributed by atoms with Crippen molar-refractivity contribution in [1.29, 1.82) is 0 Å². The SMILES string of the molecule is Cc1cccc(NC(=O)COC(=O)[C@H]2CC(=O)N(c3cccc([N+](=O)[O-])c3)C2)c1. The number of aryl methyl sites for hydroxylation is 1. The predicted octanol–water partition coefficient (Wildman–Crippen LogP) is 2.44. The summed E-state index contributed by atoms with van der Waals surface area (Å²) >= 11 is 0. The Bertz CT molecular complexity index is 974. The minimum Gasteiger partial charge on any atom is -0.455 e. The third-order valence-corrected chi connectivity index (χ3v) is 4.46. The van der Waals surface area contributed by atoms with Crippen molar-refractivity contribution in [2.75, 3.05) is 23.4 Å². The van der Waals surface area contributed by atoms with Gasteiger partial charge in [0.2, 0.25) is 5.91 Å². The van der Waals surface area contributed by atoms with Gasteiger partial charge in [0.15, 0.2) is 6.61 Å². The first kappa shape index (κ1) is 20.0. The van der Waals surface area contributed by atoms with Gasteiger partial charge in [0.1, 0.15) is 0 Å². The van der Waals surface area contributed by atoms with Crippen molar-refractivity contribution in [1.82, 2.24) is 0 Å². The average molecular weight is 397 g/mol. The van der Waals surface area contributed by atoms with Crippen molar-refractivity contribution in [2.24, 2.45) is 5.92 Å². The van der Waals surface area contributed by atoms with Gasteiger partial charge in [-0.25, -0.2) is 0 Å². The molecule has 9 nitrogen and oxygen atoms in total. The van der Waals surface area contributed by atoms with Gasteiger partial charge in [-0.2, -0.15) is 0 Å². The molecule has 0 spiro atoms. The van der Waals surface area contributed by atoms with Crippen LogP contribution in [-0.2, 0) is 19.1 Å². The molecule has 1 saturated heterocycles. The number of esters is 1. The van der Waals surface area contributed by atoms with Crippen LogP contribution in [0, 0.1) is 23.0 Å². The molecule has 0 bridgehead atoms. The fraction of sp³-hybridized carbons (Fsp3) is 0.250. The van der Waals surface area contributed by atoms with Gasteiger partial charge in [-0.15, -0.1) is 0 Å². The van der Waals surface area contributed by atoms with Gasteiger partial charge in [0.05, 0.1) is 16.5 Å². The van der Waals surface area contributed by atoms with Crippen LogP contribution in [0.5, 0.6) is 0 Å². The van der Waals surface area contributed by atoms with Crippen LogP contribution in [0.15, 0.2) is 48.5 Å². The van der Waals surface area contributed by atoms with Crippen molar-refractivity contribution in [3.63, 3.8) is 0 Å². The van der Waals surface area contributed by atoms with Gasteiger partial charge in [0, 0.05) is 30.8 Å². The summed E-state index contributed by atoms with van der Waals surface area (Å²) in [6, 6.07) is 12.8. The Balaban J connectivity index is 1.55. The van der Waals surface area contributed by atoms with Gasteiger partial charge in [-0.05, 0) is 30.7 Å². The number of nitro benzene ring substituents is 1. The molecule has 1 aliphatic rings. The second-order valence-electron chi connectivity index (χ2n) is 6.71. The summed E-state index contributed by atoms with van der Waals surface area (Å²) in [6.45, 7) is 1.46. The minimum absolute atomic E-state index is 0.0400. The standard InChI is InChI=1S/C20H19N3O6/c1-13-4-2-5-15(8-13)21-18(24)12-29-20(26)14-9-19(25)22(11-14)16-6-3-7-17(10-16)23(27)28/h2-8,10,14H,9,11-12H2,1H3,(H,21,24)/t14-/m0/s1. The molecule has 0 aromatic heterocycles. The molecule has 2 aromatic carbocycles. The molecule has 1 aliphatic heterocycles. The predicted molar refractivity (Wildman–Crippen MR) is 104 cm³/mol. The van der Waals surface area contributed by atoms with E-state index >= 15 is 0 Å². The van der Waals surface area contributed by atoms with E-state index in [1.807, 2.05) is 13.0 Å². The maximum atomic E-state index is 12.3. The largest absolute Gasteiger partial charge is 0.455 e. The number of nitro groups is 1. The Labute approximate surface area is 166 Å². The van der Waals surface area contributed by atoms with Crippen molar-refractivity contribution < 1.29 is 24.0 Å². The number of carbonyl (C=O) groups is 3. The zero-order valence-electron chi connectivity index (χ0n) is 15.7. The van der Waals surface area contributed by atoms with E-state index in [1.165, 1.54) is 23.1 Å². The molecule has 1 heterocycles. The Morgan fingerprint density at radius 1 is 1.24 bits per heavy atom. The number of hydrogen-bond donors (Lipinski definition) is 1. The number of non-ortho nitro benzene ring substituents is 1. The quantitative estimate of drug-likeness (QED) is 0.454. The molecule has 3 rings (SSSR count). The molecule has 1 N–H and O–H groups in total. The molecule has 0 saturated carbocycles. The first-order valence-corrected chi connectivity index (χ1v) is 8.91. The minimum atomic E-state index is -0.742. The third-order valence-electron chi connectivity index (χ3n) is 4.46. The lowest BCUT2D eigenvalue weighted by Crippen LogP contribution is -2.28. The smallest absolute Gasteiger partial charge is 0.311 e. The van der Waals surface area contributed by atoms with Crippen LogP contribution in [0.4, 0.5) is 17.1 Å². The second kappa shape index (κ2) is 8.51. The lowest BCUT2D eigenvalue weighted by Gasteiger charge is -2.16. The first-order chi connectivity index (χ1) is 13.8. The summed E-state index contributed by atoms with van der Waals surface area (Å²) in [6.07, 6.45) is -0.0823. The number of hydrogen-bond acceptors (Lipinski definition) is 6. The summed E-state index contributed by atoms with van der Waals surface area (Å²) in [5.74, 6) is -2.22. The van der Waals surface area contributed by atoms with Crippen LogP contribution < -0.4 is 10.2 Å². The Morgan fingerprint density at radius 2 is 2.00 bits per heavy atom. The normalized spacial score (nSPS) is 15.8. The number of benzene rings is 2. The second-order valence-corrected chi connectivity index (χ2v) is 6.71. The van der Waals surface area contributed by atoms with Gasteiger partial charge >= 0.3 is 5.97 Å². The van der Waals surface area contributed by atoms with E-state index in [2.05, 4.69) is 5.32 Å². The lowest BCUT2D eigenvalue weighted by atomic mass is 10.1. The third kappa shape index (κ3) is 4.95. The Hall–Kier alpha value is -3.75. The van der Waals surface area contributed by atoms with Crippen LogP contribution in [-0.4, -0.2) is 35.9 Å².